The third-order valence-corrected chi connectivity index (χ3v) is 4.23. The molecule has 2 aliphatic carbocycles. The monoisotopic (exact) mass is 196 g/mol. The van der Waals surface area contributed by atoms with Crippen molar-refractivity contribution in [1.82, 2.24) is 0 Å². The summed E-state index contributed by atoms with van der Waals surface area (Å²) >= 11 is 0. The van der Waals surface area contributed by atoms with Crippen LogP contribution in [0.1, 0.15) is 32.1 Å². The molecule has 3 nitrogen and oxygen atoms in total. The molecule has 4 fully saturated rings. The Morgan fingerprint density at radius 3 is 3.00 bits per heavy atom. The first-order valence-corrected chi connectivity index (χ1v) is 5.52. The molecular weight excluding hydrogens is 180 g/mol. The number of aliphatic hydroxyl groups is 1. The van der Waals surface area contributed by atoms with Crippen LogP contribution in [-0.4, -0.2) is 23.8 Å². The maximum Gasteiger partial charge on any atom is 0.309 e. The summed E-state index contributed by atoms with van der Waals surface area (Å²) in [6, 6.07) is 0. The zero-order chi connectivity index (χ0) is 9.76. The van der Waals surface area contributed by atoms with Crippen molar-refractivity contribution >= 4 is 5.97 Å². The van der Waals surface area contributed by atoms with Crippen LogP contribution in [0.2, 0.25) is 0 Å². The van der Waals surface area contributed by atoms with Gasteiger partial charge in [-0.15, -0.1) is 0 Å². The van der Waals surface area contributed by atoms with Crippen LogP contribution in [0.4, 0.5) is 0 Å². The summed E-state index contributed by atoms with van der Waals surface area (Å²) in [5.74, 6) is 0.687. The Morgan fingerprint density at radius 2 is 2.21 bits per heavy atom. The molecule has 0 radical (unpaired) electrons. The van der Waals surface area contributed by atoms with Crippen LogP contribution in [0.3, 0.4) is 0 Å². The van der Waals surface area contributed by atoms with E-state index in [0.29, 0.717) is 5.92 Å². The number of hydrogen-bond acceptors (Lipinski definition) is 3. The first-order valence-electron chi connectivity index (χ1n) is 5.52. The lowest BCUT2D eigenvalue weighted by Crippen LogP contribution is -2.41. The maximum absolute atomic E-state index is 11.6. The van der Waals surface area contributed by atoms with E-state index < -0.39 is 0 Å². The fourth-order valence-corrected chi connectivity index (χ4v) is 3.80. The Hall–Kier alpha value is -0.570. The maximum atomic E-state index is 11.6. The Kier molecular flexibility index (Phi) is 1.69. The molecule has 0 spiro atoms. The lowest BCUT2D eigenvalue weighted by Gasteiger charge is -2.45. The third-order valence-electron chi connectivity index (χ3n) is 4.23. The largest absolute Gasteiger partial charge is 0.462 e. The number of aliphatic hydroxyl groups excluding tert-OH is 1. The lowest BCUT2D eigenvalue weighted by molar-refractivity contribution is -0.151. The van der Waals surface area contributed by atoms with E-state index in [2.05, 4.69) is 0 Å². The molecule has 2 heterocycles. The van der Waals surface area contributed by atoms with Crippen molar-refractivity contribution in [2.45, 2.75) is 38.2 Å². The predicted molar refractivity (Wildman–Crippen MR) is 49.5 cm³/mol. The van der Waals surface area contributed by atoms with Crippen molar-refractivity contribution < 1.29 is 14.6 Å². The Morgan fingerprint density at radius 1 is 1.36 bits per heavy atom. The highest BCUT2D eigenvalue weighted by Crippen LogP contribution is 2.54. The first-order chi connectivity index (χ1) is 6.71. The molecule has 0 aromatic carbocycles. The molecule has 14 heavy (non-hydrogen) atoms. The van der Waals surface area contributed by atoms with E-state index in [1.807, 2.05) is 0 Å². The van der Waals surface area contributed by atoms with E-state index in [9.17, 15) is 9.90 Å². The second kappa shape index (κ2) is 2.72. The van der Waals surface area contributed by atoms with Crippen LogP contribution >= 0.6 is 0 Å². The average Bonchev–Trinajstić information content (AvgIpc) is 2.30. The van der Waals surface area contributed by atoms with E-state index in [0.717, 1.165) is 32.1 Å². The highest BCUT2D eigenvalue weighted by molar-refractivity contribution is 5.73. The minimum absolute atomic E-state index is 0.00692. The molecule has 0 aromatic heterocycles. The van der Waals surface area contributed by atoms with Gasteiger partial charge in [0.1, 0.15) is 6.10 Å². The van der Waals surface area contributed by atoms with Crippen molar-refractivity contribution in [2.24, 2.45) is 17.3 Å². The van der Waals surface area contributed by atoms with E-state index in [1.165, 1.54) is 0 Å². The molecule has 2 saturated carbocycles. The van der Waals surface area contributed by atoms with Crippen LogP contribution in [-0.2, 0) is 9.53 Å². The van der Waals surface area contributed by atoms with Gasteiger partial charge in [-0.25, -0.2) is 0 Å². The number of esters is 1. The molecule has 2 aliphatic heterocycles. The molecule has 1 N–H and O–H groups in total. The van der Waals surface area contributed by atoms with E-state index in [1.54, 1.807) is 0 Å². The van der Waals surface area contributed by atoms with Crippen LogP contribution in [0.15, 0.2) is 0 Å². The second-order valence-electron chi connectivity index (χ2n) is 5.36. The molecule has 3 heteroatoms. The molecule has 4 unspecified atom stereocenters. The predicted octanol–water partition coefficient (Wildman–Crippen LogP) is 1.10. The van der Waals surface area contributed by atoms with Crippen molar-refractivity contribution in [3.8, 4) is 0 Å². The van der Waals surface area contributed by atoms with E-state index in [-0.39, 0.29) is 30.0 Å². The van der Waals surface area contributed by atoms with Crippen LogP contribution in [0, 0.1) is 17.3 Å². The van der Waals surface area contributed by atoms with Gasteiger partial charge < -0.3 is 9.84 Å². The minimum Gasteiger partial charge on any atom is -0.462 e. The van der Waals surface area contributed by atoms with Gasteiger partial charge in [0.15, 0.2) is 0 Å². The zero-order valence-corrected chi connectivity index (χ0v) is 8.24. The van der Waals surface area contributed by atoms with E-state index in [4.69, 9.17) is 4.74 Å². The summed E-state index contributed by atoms with van der Waals surface area (Å²) in [6.45, 7) is 0.229. The van der Waals surface area contributed by atoms with Gasteiger partial charge in [-0.2, -0.15) is 0 Å². The standard InChI is InChI=1S/C11H16O3/c12-6-11-3-7-1-8(4-11)10(13)14-9(2-7)5-11/h7-9,12H,1-6H2. The molecule has 0 aromatic rings. The molecule has 4 rings (SSSR count). The Bertz CT molecular complexity index is 276. The fraction of sp³-hybridized carbons (Fsp3) is 0.909. The van der Waals surface area contributed by atoms with Crippen molar-refractivity contribution in [1.29, 1.82) is 0 Å². The molecule has 4 aliphatic rings. The van der Waals surface area contributed by atoms with Gasteiger partial charge in [0.2, 0.25) is 0 Å². The number of carbonyl (C=O) groups excluding carboxylic acids is 1. The van der Waals surface area contributed by atoms with Gasteiger partial charge in [-0.1, -0.05) is 0 Å². The summed E-state index contributed by atoms with van der Waals surface area (Å²) in [5.41, 5.74) is 0.0165. The molecular formula is C11H16O3. The van der Waals surface area contributed by atoms with Crippen molar-refractivity contribution in [3.63, 3.8) is 0 Å². The summed E-state index contributed by atoms with van der Waals surface area (Å²) in [4.78, 5) is 11.6. The summed E-state index contributed by atoms with van der Waals surface area (Å²) in [7, 11) is 0. The second-order valence-corrected chi connectivity index (χ2v) is 5.36. The number of rotatable bonds is 1. The number of carbonyl (C=O) groups is 1. The van der Waals surface area contributed by atoms with Crippen molar-refractivity contribution in [2.75, 3.05) is 6.61 Å². The van der Waals surface area contributed by atoms with Gasteiger partial charge in [-0.3, -0.25) is 4.79 Å². The first kappa shape index (κ1) is 8.72. The molecule has 2 saturated heterocycles. The SMILES string of the molecule is O=C1OC2CC3CC1CC(CO)(C3)C2. The highest BCUT2D eigenvalue weighted by Gasteiger charge is 2.52. The van der Waals surface area contributed by atoms with Crippen LogP contribution < -0.4 is 0 Å². The van der Waals surface area contributed by atoms with Crippen LogP contribution in [0.5, 0.6) is 0 Å². The van der Waals surface area contributed by atoms with Gasteiger partial charge in [-0.05, 0) is 43.4 Å². The number of hydrogen-bond donors (Lipinski definition) is 1. The molecule has 78 valence electrons. The number of ether oxygens (including phenoxy) is 1. The number of fused-ring (bicyclic) bond motifs is 1. The van der Waals surface area contributed by atoms with Gasteiger partial charge in [0, 0.05) is 6.61 Å². The normalized spacial score (nSPS) is 50.4. The average molecular weight is 196 g/mol. The molecule has 4 atom stereocenters. The quantitative estimate of drug-likeness (QED) is 0.639. The molecule has 0 amide bonds. The van der Waals surface area contributed by atoms with Gasteiger partial charge in [0.05, 0.1) is 5.92 Å². The summed E-state index contributed by atoms with van der Waals surface area (Å²) in [6.07, 6.45) is 4.98. The van der Waals surface area contributed by atoms with Crippen molar-refractivity contribution in [3.05, 3.63) is 0 Å². The minimum atomic E-state index is -0.00692. The van der Waals surface area contributed by atoms with Gasteiger partial charge in [0.25, 0.3) is 0 Å². The van der Waals surface area contributed by atoms with Crippen LogP contribution in [0.25, 0.3) is 0 Å². The molecule has 4 bridgehead atoms. The zero-order valence-electron chi connectivity index (χ0n) is 8.24. The van der Waals surface area contributed by atoms with Gasteiger partial charge >= 0.3 is 5.97 Å². The Balaban J connectivity index is 1.97. The third kappa shape index (κ3) is 1.11. The summed E-state index contributed by atoms with van der Waals surface area (Å²) < 4.78 is 5.41. The Labute approximate surface area is 83.4 Å². The fourth-order valence-electron chi connectivity index (χ4n) is 3.80. The van der Waals surface area contributed by atoms with E-state index >= 15 is 0 Å². The topological polar surface area (TPSA) is 46.5 Å². The highest BCUT2D eigenvalue weighted by atomic mass is 16.5. The smallest absolute Gasteiger partial charge is 0.309 e. The summed E-state index contributed by atoms with van der Waals surface area (Å²) in [5, 5.41) is 9.48. The lowest BCUT2D eigenvalue weighted by atomic mass is 9.59.